The smallest absolute Gasteiger partial charge is 0.123 e. The van der Waals surface area contributed by atoms with Crippen LogP contribution in [0.15, 0.2) is 28.9 Å². The van der Waals surface area contributed by atoms with E-state index in [2.05, 4.69) is 33.9 Å². The molecule has 0 unspecified atom stereocenters. The number of rotatable bonds is 0. The molecule has 0 fully saturated rings. The second-order valence-electron chi connectivity index (χ2n) is 3.03. The Kier molecular flexibility index (Phi) is 1.96. The van der Waals surface area contributed by atoms with Crippen LogP contribution in [0.3, 0.4) is 0 Å². The van der Waals surface area contributed by atoms with Crippen molar-refractivity contribution in [2.24, 2.45) is 0 Å². The molecular formula is C10H9BrN2. The van der Waals surface area contributed by atoms with Gasteiger partial charge in [-0.05, 0) is 39.9 Å². The van der Waals surface area contributed by atoms with Crippen LogP contribution in [0.1, 0.15) is 5.56 Å². The van der Waals surface area contributed by atoms with Crippen LogP contribution in [-0.4, -0.2) is 4.98 Å². The van der Waals surface area contributed by atoms with Crippen LogP contribution in [0.4, 0.5) is 5.82 Å². The van der Waals surface area contributed by atoms with Crippen LogP contribution in [0.5, 0.6) is 0 Å². The largest absolute Gasteiger partial charge is 0.384 e. The van der Waals surface area contributed by atoms with Crippen LogP contribution < -0.4 is 5.73 Å². The Morgan fingerprint density at radius 1 is 1.38 bits per heavy atom. The molecule has 0 aliphatic rings. The molecule has 66 valence electrons. The minimum Gasteiger partial charge on any atom is -0.384 e. The summed E-state index contributed by atoms with van der Waals surface area (Å²) in [6.07, 6.45) is 1.79. The summed E-state index contributed by atoms with van der Waals surface area (Å²) in [5, 5.41) is 2.22. The number of hydrogen-bond acceptors (Lipinski definition) is 2. The van der Waals surface area contributed by atoms with Gasteiger partial charge in [0.1, 0.15) is 5.82 Å². The van der Waals surface area contributed by atoms with E-state index < -0.39 is 0 Å². The van der Waals surface area contributed by atoms with Crippen molar-refractivity contribution in [1.29, 1.82) is 0 Å². The second-order valence-corrected chi connectivity index (χ2v) is 3.82. The molecule has 0 bridgehead atoms. The number of benzene rings is 1. The van der Waals surface area contributed by atoms with Crippen molar-refractivity contribution < 1.29 is 0 Å². The van der Waals surface area contributed by atoms with E-state index in [-0.39, 0.29) is 0 Å². The maximum Gasteiger partial charge on any atom is 0.123 e. The van der Waals surface area contributed by atoms with Crippen molar-refractivity contribution in [2.45, 2.75) is 6.92 Å². The summed E-state index contributed by atoms with van der Waals surface area (Å²) in [6.45, 7) is 2.06. The molecule has 2 nitrogen and oxygen atoms in total. The lowest BCUT2D eigenvalue weighted by atomic mass is 10.1. The van der Waals surface area contributed by atoms with E-state index in [1.54, 1.807) is 6.20 Å². The quantitative estimate of drug-likeness (QED) is 0.765. The average molecular weight is 237 g/mol. The summed E-state index contributed by atoms with van der Waals surface area (Å²) < 4.78 is 1.09. The first-order valence-electron chi connectivity index (χ1n) is 3.99. The molecule has 0 saturated heterocycles. The number of aryl methyl sites for hydroxylation is 1. The Morgan fingerprint density at radius 2 is 2.15 bits per heavy atom. The molecule has 0 spiro atoms. The highest BCUT2D eigenvalue weighted by molar-refractivity contribution is 9.10. The van der Waals surface area contributed by atoms with Crippen molar-refractivity contribution in [3.63, 3.8) is 0 Å². The van der Waals surface area contributed by atoms with Gasteiger partial charge in [0, 0.05) is 16.1 Å². The number of nitrogens with two attached hydrogens (primary N) is 1. The zero-order valence-corrected chi connectivity index (χ0v) is 8.80. The standard InChI is InChI=1S/C10H9BrN2/c1-6-2-3-7-4-9(12)13-5-8(7)10(6)11/h2-5H,1H3,(H2,12,13). The van der Waals surface area contributed by atoms with E-state index in [1.165, 1.54) is 5.56 Å². The summed E-state index contributed by atoms with van der Waals surface area (Å²) in [4.78, 5) is 4.06. The van der Waals surface area contributed by atoms with Crippen molar-refractivity contribution in [3.8, 4) is 0 Å². The van der Waals surface area contributed by atoms with E-state index >= 15 is 0 Å². The highest BCUT2D eigenvalue weighted by Gasteiger charge is 2.01. The number of nitrogen functional groups attached to an aromatic ring is 1. The monoisotopic (exact) mass is 236 g/mol. The lowest BCUT2D eigenvalue weighted by Gasteiger charge is -2.03. The van der Waals surface area contributed by atoms with Gasteiger partial charge in [0.2, 0.25) is 0 Å². The van der Waals surface area contributed by atoms with E-state index in [1.807, 2.05) is 12.1 Å². The predicted octanol–water partition coefficient (Wildman–Crippen LogP) is 2.89. The summed E-state index contributed by atoms with van der Waals surface area (Å²) in [7, 11) is 0. The van der Waals surface area contributed by atoms with Gasteiger partial charge >= 0.3 is 0 Å². The van der Waals surface area contributed by atoms with Gasteiger partial charge in [0.25, 0.3) is 0 Å². The topological polar surface area (TPSA) is 38.9 Å². The SMILES string of the molecule is Cc1ccc2cc(N)ncc2c1Br. The lowest BCUT2D eigenvalue weighted by molar-refractivity contribution is 1.35. The first kappa shape index (κ1) is 8.51. The van der Waals surface area contributed by atoms with E-state index in [4.69, 9.17) is 5.73 Å². The highest BCUT2D eigenvalue weighted by Crippen LogP contribution is 2.27. The second kappa shape index (κ2) is 3.00. The number of anilines is 1. The molecule has 2 N–H and O–H groups in total. The zero-order valence-electron chi connectivity index (χ0n) is 7.21. The molecule has 0 radical (unpaired) electrons. The number of pyridine rings is 1. The molecule has 13 heavy (non-hydrogen) atoms. The van der Waals surface area contributed by atoms with Crippen LogP contribution in [0, 0.1) is 6.92 Å². The average Bonchev–Trinajstić information content (AvgIpc) is 2.12. The van der Waals surface area contributed by atoms with Crippen LogP contribution in [-0.2, 0) is 0 Å². The molecule has 1 aromatic heterocycles. The molecule has 0 aliphatic heterocycles. The number of aromatic nitrogens is 1. The molecule has 1 heterocycles. The summed E-state index contributed by atoms with van der Waals surface area (Å²) in [6, 6.07) is 5.98. The number of nitrogens with zero attached hydrogens (tertiary/aromatic N) is 1. The third kappa shape index (κ3) is 1.40. The van der Waals surface area contributed by atoms with E-state index in [0.717, 1.165) is 15.2 Å². The Bertz CT molecular complexity index is 466. The van der Waals surface area contributed by atoms with Gasteiger partial charge in [-0.1, -0.05) is 12.1 Å². The van der Waals surface area contributed by atoms with Gasteiger partial charge in [-0.2, -0.15) is 0 Å². The molecule has 2 aromatic rings. The summed E-state index contributed by atoms with van der Waals surface area (Å²) in [5.41, 5.74) is 6.79. The van der Waals surface area contributed by atoms with Gasteiger partial charge in [-0.15, -0.1) is 0 Å². The van der Waals surface area contributed by atoms with Crippen molar-refractivity contribution in [3.05, 3.63) is 34.4 Å². The van der Waals surface area contributed by atoms with Crippen LogP contribution in [0.25, 0.3) is 10.8 Å². The van der Waals surface area contributed by atoms with Gasteiger partial charge in [0.15, 0.2) is 0 Å². The Labute approximate surface area is 84.9 Å². The highest BCUT2D eigenvalue weighted by atomic mass is 79.9. The molecule has 0 amide bonds. The van der Waals surface area contributed by atoms with Gasteiger partial charge in [-0.25, -0.2) is 4.98 Å². The van der Waals surface area contributed by atoms with Crippen LogP contribution >= 0.6 is 15.9 Å². The first-order valence-corrected chi connectivity index (χ1v) is 4.78. The Morgan fingerprint density at radius 3 is 2.92 bits per heavy atom. The third-order valence-electron chi connectivity index (χ3n) is 2.05. The van der Waals surface area contributed by atoms with Crippen molar-refractivity contribution >= 4 is 32.5 Å². The van der Waals surface area contributed by atoms with Gasteiger partial charge < -0.3 is 5.73 Å². The lowest BCUT2D eigenvalue weighted by Crippen LogP contribution is -1.89. The molecule has 1 aromatic carbocycles. The van der Waals surface area contributed by atoms with Crippen LogP contribution in [0.2, 0.25) is 0 Å². The maximum absolute atomic E-state index is 5.59. The Hall–Kier alpha value is -1.09. The number of hydrogen-bond donors (Lipinski definition) is 1. The number of fused-ring (bicyclic) bond motifs is 1. The minimum atomic E-state index is 0.559. The summed E-state index contributed by atoms with van der Waals surface area (Å²) in [5.74, 6) is 0.559. The van der Waals surface area contributed by atoms with Gasteiger partial charge in [0.05, 0.1) is 0 Å². The first-order chi connectivity index (χ1) is 6.18. The van der Waals surface area contributed by atoms with Crippen molar-refractivity contribution in [2.75, 3.05) is 5.73 Å². The fraction of sp³-hybridized carbons (Fsp3) is 0.100. The zero-order chi connectivity index (χ0) is 9.42. The predicted molar refractivity (Wildman–Crippen MR) is 58.6 cm³/mol. The molecule has 0 atom stereocenters. The van der Waals surface area contributed by atoms with Gasteiger partial charge in [-0.3, -0.25) is 0 Å². The normalized spacial score (nSPS) is 10.6. The van der Waals surface area contributed by atoms with Crippen molar-refractivity contribution in [1.82, 2.24) is 4.98 Å². The minimum absolute atomic E-state index is 0.559. The van der Waals surface area contributed by atoms with E-state index in [0.29, 0.717) is 5.82 Å². The third-order valence-corrected chi connectivity index (χ3v) is 3.11. The molecule has 2 rings (SSSR count). The Balaban J connectivity index is 2.87. The molecule has 0 saturated carbocycles. The molecule has 0 aliphatic carbocycles. The fourth-order valence-electron chi connectivity index (χ4n) is 1.31. The summed E-state index contributed by atoms with van der Waals surface area (Å²) >= 11 is 3.52. The molecular weight excluding hydrogens is 228 g/mol. The van der Waals surface area contributed by atoms with E-state index in [9.17, 15) is 0 Å². The molecule has 3 heteroatoms. The maximum atomic E-state index is 5.59. The fourth-order valence-corrected chi connectivity index (χ4v) is 1.77. The number of halogens is 1.